The van der Waals surface area contributed by atoms with Gasteiger partial charge in [0.25, 0.3) is 5.91 Å². The number of rotatable bonds is 4. The van der Waals surface area contributed by atoms with Gasteiger partial charge in [-0.05, 0) is 19.1 Å². The van der Waals surface area contributed by atoms with E-state index in [4.69, 9.17) is 4.74 Å². The van der Waals surface area contributed by atoms with Crippen LogP contribution in [-0.2, 0) is 9.59 Å². The molecule has 1 atom stereocenters. The average molecular weight is 285 g/mol. The highest BCUT2D eigenvalue weighted by molar-refractivity contribution is 6.22. The van der Waals surface area contributed by atoms with Gasteiger partial charge in [-0.25, -0.2) is 9.88 Å². The zero-order valence-corrected chi connectivity index (χ0v) is 11.6. The molecular formula is C15H15N3O3. The molecule has 0 N–H and O–H groups in total. The van der Waals surface area contributed by atoms with Crippen molar-refractivity contribution in [2.45, 2.75) is 19.4 Å². The SMILES string of the molecule is CCOc1ccccc1N1C(=O)CC(n2ccnc2)C1=O. The first-order valence-electron chi connectivity index (χ1n) is 6.78. The molecule has 1 fully saturated rings. The van der Waals surface area contributed by atoms with Gasteiger partial charge in [-0.2, -0.15) is 0 Å². The van der Waals surface area contributed by atoms with Crippen molar-refractivity contribution in [2.75, 3.05) is 11.5 Å². The standard InChI is InChI=1S/C15H15N3O3/c1-2-21-13-6-4-3-5-11(13)18-14(19)9-12(15(18)20)17-8-7-16-10-17/h3-8,10,12H,2,9H2,1H3. The van der Waals surface area contributed by atoms with Crippen LogP contribution in [0.25, 0.3) is 0 Å². The molecule has 0 bridgehead atoms. The smallest absolute Gasteiger partial charge is 0.257 e. The molecule has 21 heavy (non-hydrogen) atoms. The lowest BCUT2D eigenvalue weighted by Gasteiger charge is -2.18. The molecule has 1 saturated heterocycles. The Bertz CT molecular complexity index is 667. The molecule has 2 aromatic rings. The Morgan fingerprint density at radius 3 is 2.86 bits per heavy atom. The molecule has 1 aromatic heterocycles. The summed E-state index contributed by atoms with van der Waals surface area (Å²) in [6.07, 6.45) is 4.96. The molecule has 0 radical (unpaired) electrons. The van der Waals surface area contributed by atoms with Gasteiger partial charge in [0.2, 0.25) is 5.91 Å². The van der Waals surface area contributed by atoms with Crippen molar-refractivity contribution in [3.63, 3.8) is 0 Å². The van der Waals surface area contributed by atoms with Crippen LogP contribution in [0.5, 0.6) is 5.75 Å². The lowest BCUT2D eigenvalue weighted by Crippen LogP contribution is -2.31. The predicted molar refractivity (Wildman–Crippen MR) is 76.0 cm³/mol. The van der Waals surface area contributed by atoms with Crippen LogP contribution in [0.1, 0.15) is 19.4 Å². The number of nitrogens with zero attached hydrogens (tertiary/aromatic N) is 3. The number of aromatic nitrogens is 2. The fraction of sp³-hybridized carbons (Fsp3) is 0.267. The van der Waals surface area contributed by atoms with Crippen molar-refractivity contribution in [2.24, 2.45) is 0 Å². The van der Waals surface area contributed by atoms with E-state index in [9.17, 15) is 9.59 Å². The van der Waals surface area contributed by atoms with Gasteiger partial charge in [0, 0.05) is 12.4 Å². The zero-order chi connectivity index (χ0) is 14.8. The van der Waals surface area contributed by atoms with E-state index in [1.807, 2.05) is 13.0 Å². The summed E-state index contributed by atoms with van der Waals surface area (Å²) in [4.78, 5) is 30.0. The molecule has 1 unspecified atom stereocenters. The van der Waals surface area contributed by atoms with Gasteiger partial charge in [-0.1, -0.05) is 12.1 Å². The highest BCUT2D eigenvalue weighted by Gasteiger charge is 2.41. The first-order chi connectivity index (χ1) is 10.2. The van der Waals surface area contributed by atoms with Gasteiger partial charge in [-0.3, -0.25) is 9.59 Å². The van der Waals surface area contributed by atoms with Crippen molar-refractivity contribution in [3.05, 3.63) is 43.0 Å². The number of hydrogen-bond donors (Lipinski definition) is 0. The molecule has 1 aliphatic rings. The summed E-state index contributed by atoms with van der Waals surface area (Å²) in [7, 11) is 0. The van der Waals surface area contributed by atoms with Crippen LogP contribution in [-0.4, -0.2) is 28.0 Å². The maximum absolute atomic E-state index is 12.6. The van der Waals surface area contributed by atoms with E-state index in [-0.39, 0.29) is 18.2 Å². The van der Waals surface area contributed by atoms with Gasteiger partial charge in [-0.15, -0.1) is 0 Å². The normalized spacial score (nSPS) is 18.3. The summed E-state index contributed by atoms with van der Waals surface area (Å²) >= 11 is 0. The minimum absolute atomic E-state index is 0.135. The highest BCUT2D eigenvalue weighted by atomic mass is 16.5. The van der Waals surface area contributed by atoms with Crippen LogP contribution in [0.15, 0.2) is 43.0 Å². The Hall–Kier alpha value is -2.63. The number of imide groups is 1. The maximum atomic E-state index is 12.6. The first kappa shape index (κ1) is 13.4. The van der Waals surface area contributed by atoms with E-state index in [1.165, 1.54) is 4.90 Å². The Morgan fingerprint density at radius 2 is 2.14 bits per heavy atom. The molecule has 6 nitrogen and oxygen atoms in total. The summed E-state index contributed by atoms with van der Waals surface area (Å²) in [6, 6.07) is 6.53. The Labute approximate surface area is 122 Å². The van der Waals surface area contributed by atoms with Gasteiger partial charge in [0.1, 0.15) is 11.8 Å². The Morgan fingerprint density at radius 1 is 1.33 bits per heavy atom. The summed E-state index contributed by atoms with van der Waals surface area (Å²) in [5.74, 6) is 0.0454. The number of carbonyl (C=O) groups is 2. The van der Waals surface area contributed by atoms with Crippen LogP contribution >= 0.6 is 0 Å². The Kier molecular flexibility index (Phi) is 3.43. The maximum Gasteiger partial charge on any atom is 0.257 e. The van der Waals surface area contributed by atoms with Crippen LogP contribution < -0.4 is 9.64 Å². The number of imidazole rings is 1. The third kappa shape index (κ3) is 2.29. The van der Waals surface area contributed by atoms with E-state index in [0.29, 0.717) is 18.0 Å². The van der Waals surface area contributed by atoms with E-state index in [0.717, 1.165) is 0 Å². The predicted octanol–water partition coefficient (Wildman–Crippen LogP) is 1.79. The molecule has 1 aliphatic heterocycles. The van der Waals surface area contributed by atoms with Gasteiger partial charge < -0.3 is 9.30 Å². The lowest BCUT2D eigenvalue weighted by molar-refractivity contribution is -0.122. The van der Waals surface area contributed by atoms with Crippen molar-refractivity contribution < 1.29 is 14.3 Å². The molecule has 0 aliphatic carbocycles. The second-order valence-corrected chi connectivity index (χ2v) is 4.70. The van der Waals surface area contributed by atoms with E-state index in [1.54, 1.807) is 41.5 Å². The molecule has 6 heteroatoms. The number of ether oxygens (including phenoxy) is 1. The second kappa shape index (κ2) is 5.40. The third-order valence-electron chi connectivity index (χ3n) is 3.41. The van der Waals surface area contributed by atoms with Gasteiger partial charge >= 0.3 is 0 Å². The third-order valence-corrected chi connectivity index (χ3v) is 3.41. The number of carbonyl (C=O) groups excluding carboxylic acids is 2. The van der Waals surface area contributed by atoms with Crippen molar-refractivity contribution in [1.29, 1.82) is 0 Å². The molecule has 0 saturated carbocycles. The van der Waals surface area contributed by atoms with Crippen molar-refractivity contribution in [1.82, 2.24) is 9.55 Å². The first-order valence-corrected chi connectivity index (χ1v) is 6.78. The van der Waals surface area contributed by atoms with Crippen LogP contribution in [0.4, 0.5) is 5.69 Å². The molecule has 1 aromatic carbocycles. The molecule has 2 amide bonds. The quantitative estimate of drug-likeness (QED) is 0.803. The minimum Gasteiger partial charge on any atom is -0.492 e. The number of para-hydroxylation sites is 2. The summed E-state index contributed by atoms with van der Waals surface area (Å²) in [5.41, 5.74) is 0.497. The summed E-state index contributed by atoms with van der Waals surface area (Å²) in [5, 5.41) is 0. The Balaban J connectivity index is 1.96. The molecule has 0 spiro atoms. The summed E-state index contributed by atoms with van der Waals surface area (Å²) < 4.78 is 7.16. The molecule has 3 rings (SSSR count). The van der Waals surface area contributed by atoms with Gasteiger partial charge in [0.15, 0.2) is 0 Å². The zero-order valence-electron chi connectivity index (χ0n) is 11.6. The monoisotopic (exact) mass is 285 g/mol. The van der Waals surface area contributed by atoms with Crippen molar-refractivity contribution >= 4 is 17.5 Å². The number of anilines is 1. The fourth-order valence-electron chi connectivity index (χ4n) is 2.48. The topological polar surface area (TPSA) is 64.4 Å². The summed E-state index contributed by atoms with van der Waals surface area (Å²) in [6.45, 7) is 2.33. The number of benzene rings is 1. The molecule has 2 heterocycles. The largest absolute Gasteiger partial charge is 0.492 e. The minimum atomic E-state index is -0.533. The van der Waals surface area contributed by atoms with E-state index in [2.05, 4.69) is 4.98 Å². The lowest BCUT2D eigenvalue weighted by atomic mass is 10.2. The van der Waals surface area contributed by atoms with E-state index >= 15 is 0 Å². The van der Waals surface area contributed by atoms with Crippen LogP contribution in [0.2, 0.25) is 0 Å². The number of hydrogen-bond acceptors (Lipinski definition) is 4. The van der Waals surface area contributed by atoms with Crippen molar-refractivity contribution in [3.8, 4) is 5.75 Å². The fourth-order valence-corrected chi connectivity index (χ4v) is 2.48. The van der Waals surface area contributed by atoms with Gasteiger partial charge in [0.05, 0.1) is 25.0 Å². The van der Waals surface area contributed by atoms with Crippen LogP contribution in [0.3, 0.4) is 0 Å². The van der Waals surface area contributed by atoms with E-state index < -0.39 is 6.04 Å². The molecular weight excluding hydrogens is 270 g/mol. The average Bonchev–Trinajstić information content (AvgIpc) is 3.09. The highest BCUT2D eigenvalue weighted by Crippen LogP contribution is 2.35. The number of amides is 2. The van der Waals surface area contributed by atoms with Crippen LogP contribution in [0, 0.1) is 0 Å². The second-order valence-electron chi connectivity index (χ2n) is 4.70. The molecule has 108 valence electrons.